The molecule has 7 nitrogen and oxygen atoms in total. The Balaban J connectivity index is 1.30. The van der Waals surface area contributed by atoms with Crippen LogP contribution in [0.4, 0.5) is 0 Å². The van der Waals surface area contributed by atoms with Gasteiger partial charge in [0.25, 0.3) is 0 Å². The van der Waals surface area contributed by atoms with Crippen molar-refractivity contribution in [3.63, 3.8) is 0 Å². The number of hydrogen-bond acceptors (Lipinski definition) is 6. The van der Waals surface area contributed by atoms with Crippen LogP contribution < -0.4 is 10.6 Å². The number of fused-ring (bicyclic) bond motifs is 1. The Hall–Kier alpha value is -2.77. The minimum atomic E-state index is -0.638. The van der Waals surface area contributed by atoms with Crippen LogP contribution in [0.15, 0.2) is 58.6 Å². The lowest BCUT2D eigenvalue weighted by Crippen LogP contribution is -2.51. The van der Waals surface area contributed by atoms with E-state index in [0.29, 0.717) is 17.6 Å². The molecule has 1 saturated carbocycles. The van der Waals surface area contributed by atoms with Crippen LogP contribution in [0, 0.1) is 5.41 Å². The van der Waals surface area contributed by atoms with Crippen LogP contribution >= 0.6 is 0 Å². The van der Waals surface area contributed by atoms with Crippen molar-refractivity contribution in [2.45, 2.75) is 57.4 Å². The summed E-state index contributed by atoms with van der Waals surface area (Å²) in [5, 5.41) is 14.4. The van der Waals surface area contributed by atoms with Gasteiger partial charge in [0.05, 0.1) is 11.1 Å². The minimum Gasteiger partial charge on any atom is -0.561 e. The fraction of sp³-hybridized carbons (Fsp3) is 0.480. The maximum atomic E-state index is 11.1. The Morgan fingerprint density at radius 1 is 1.12 bits per heavy atom. The zero-order valence-electron chi connectivity index (χ0n) is 19.1. The van der Waals surface area contributed by atoms with Crippen molar-refractivity contribution < 1.29 is 9.90 Å². The van der Waals surface area contributed by atoms with Crippen LogP contribution in [0.3, 0.4) is 0 Å². The number of nitrogens with one attached hydrogen (secondary N) is 2. The van der Waals surface area contributed by atoms with E-state index in [2.05, 4.69) is 54.8 Å². The molecule has 0 bridgehead atoms. The van der Waals surface area contributed by atoms with E-state index in [1.807, 2.05) is 18.2 Å². The first-order valence-corrected chi connectivity index (χ1v) is 11.4. The SMILES string of the molecule is CN(C)C1N=C(NC2CCC(NCc3ccc(C(=O)[OH2+])cc3)CC2)N=C2C=CC=CC21C. The molecule has 1 aromatic rings. The standard InChI is InChI=1S/C25H33N5O2/c1-25-15-5-4-6-21(25)28-24(29-23(25)30(2)3)27-20-13-11-19(12-14-20)26-16-17-7-9-18(10-8-17)22(31)32/h4-10,15,19-20,23,26H,11-14,16H2,1-3H3,(H,27,29)(H,31,32)/p+1. The van der Waals surface area contributed by atoms with E-state index in [0.717, 1.165) is 49.5 Å². The lowest BCUT2D eigenvalue weighted by atomic mass is 9.77. The first-order chi connectivity index (χ1) is 15.3. The molecular formula is C25H34N5O2+. The quantitative estimate of drug-likeness (QED) is 0.670. The van der Waals surface area contributed by atoms with Crippen molar-refractivity contribution in [1.82, 2.24) is 15.5 Å². The topological polar surface area (TPSA) is 92.0 Å². The monoisotopic (exact) mass is 436 g/mol. The summed E-state index contributed by atoms with van der Waals surface area (Å²) in [5.74, 6) is 0.108. The van der Waals surface area contributed by atoms with Gasteiger partial charge < -0.3 is 15.7 Å². The average molecular weight is 437 g/mol. The van der Waals surface area contributed by atoms with Gasteiger partial charge in [0.2, 0.25) is 5.96 Å². The third-order valence-electron chi connectivity index (χ3n) is 6.73. The van der Waals surface area contributed by atoms with Gasteiger partial charge in [-0.25, -0.2) is 9.98 Å². The van der Waals surface area contributed by atoms with E-state index >= 15 is 0 Å². The second-order valence-electron chi connectivity index (χ2n) is 9.39. The largest absolute Gasteiger partial charge is 0.561 e. The van der Waals surface area contributed by atoms with Crippen molar-refractivity contribution in [1.29, 1.82) is 0 Å². The molecule has 7 heteroatoms. The summed E-state index contributed by atoms with van der Waals surface area (Å²) >= 11 is 0. The molecule has 4 rings (SSSR count). The van der Waals surface area contributed by atoms with Crippen molar-refractivity contribution >= 4 is 17.6 Å². The number of carbonyl (C=O) groups is 1. The Labute approximate surface area is 190 Å². The average Bonchev–Trinajstić information content (AvgIpc) is 2.78. The van der Waals surface area contributed by atoms with Crippen LogP contribution in [0.1, 0.15) is 48.5 Å². The Kier molecular flexibility index (Phi) is 6.58. The van der Waals surface area contributed by atoms with E-state index in [-0.39, 0.29) is 11.6 Å². The molecule has 1 fully saturated rings. The van der Waals surface area contributed by atoms with Crippen molar-refractivity contribution in [3.8, 4) is 0 Å². The first kappa shape index (κ1) is 22.4. The molecule has 0 aromatic heterocycles. The number of guanidine groups is 1. The maximum absolute atomic E-state index is 11.1. The fourth-order valence-corrected chi connectivity index (χ4v) is 4.82. The molecule has 1 heterocycles. The van der Waals surface area contributed by atoms with Gasteiger partial charge in [-0.05, 0) is 70.5 Å². The highest BCUT2D eigenvalue weighted by Crippen LogP contribution is 2.35. The predicted octanol–water partition coefficient (Wildman–Crippen LogP) is 2.37. The van der Waals surface area contributed by atoms with Gasteiger partial charge in [-0.3, -0.25) is 4.90 Å². The normalized spacial score (nSPS) is 29.3. The van der Waals surface area contributed by atoms with Crippen LogP contribution in [-0.2, 0) is 6.54 Å². The van der Waals surface area contributed by atoms with Crippen LogP contribution in [-0.4, -0.2) is 60.0 Å². The molecule has 32 heavy (non-hydrogen) atoms. The number of allylic oxidation sites excluding steroid dienone is 3. The van der Waals surface area contributed by atoms with Crippen LogP contribution in [0.5, 0.6) is 0 Å². The number of nitrogens with zero attached hydrogens (tertiary/aromatic N) is 3. The predicted molar refractivity (Wildman–Crippen MR) is 129 cm³/mol. The van der Waals surface area contributed by atoms with Crippen LogP contribution in [0.2, 0.25) is 0 Å². The summed E-state index contributed by atoms with van der Waals surface area (Å²) < 4.78 is 0. The number of rotatable bonds is 6. The van der Waals surface area contributed by atoms with E-state index in [1.165, 1.54) is 0 Å². The Morgan fingerprint density at radius 2 is 1.81 bits per heavy atom. The summed E-state index contributed by atoms with van der Waals surface area (Å²) in [5.41, 5.74) is 2.43. The number of carbonyl (C=O) groups excluding carboxylic acids is 1. The van der Waals surface area contributed by atoms with Crippen molar-refractivity contribution in [2.24, 2.45) is 15.4 Å². The third kappa shape index (κ3) is 4.84. The fourth-order valence-electron chi connectivity index (χ4n) is 4.82. The smallest absolute Gasteiger partial charge is 0.549 e. The summed E-state index contributed by atoms with van der Waals surface area (Å²) in [6.07, 6.45) is 12.8. The maximum Gasteiger partial charge on any atom is 0.549 e. The van der Waals surface area contributed by atoms with Gasteiger partial charge in [0.1, 0.15) is 11.7 Å². The molecule has 3 aliphatic rings. The highest BCUT2D eigenvalue weighted by molar-refractivity contribution is 6.10. The van der Waals surface area contributed by atoms with E-state index in [1.54, 1.807) is 12.1 Å². The second-order valence-corrected chi connectivity index (χ2v) is 9.39. The van der Waals surface area contributed by atoms with Crippen molar-refractivity contribution in [2.75, 3.05) is 14.1 Å². The number of hydrogen-bond donors (Lipinski definition) is 2. The van der Waals surface area contributed by atoms with Crippen LogP contribution in [0.25, 0.3) is 0 Å². The summed E-state index contributed by atoms with van der Waals surface area (Å²) in [7, 11) is 4.14. The lowest BCUT2D eigenvalue weighted by Gasteiger charge is -2.41. The van der Waals surface area contributed by atoms with E-state index < -0.39 is 5.97 Å². The van der Waals surface area contributed by atoms with Gasteiger partial charge in [-0.15, -0.1) is 0 Å². The Bertz CT molecular complexity index is 955. The number of aliphatic imine (C=N–C) groups is 2. The molecule has 0 radical (unpaired) electrons. The molecule has 0 saturated heterocycles. The third-order valence-corrected chi connectivity index (χ3v) is 6.73. The highest BCUT2D eigenvalue weighted by atomic mass is 16.4. The van der Waals surface area contributed by atoms with E-state index in [9.17, 15) is 4.79 Å². The molecule has 2 atom stereocenters. The molecule has 2 aliphatic carbocycles. The summed E-state index contributed by atoms with van der Waals surface area (Å²) in [6, 6.07) is 8.16. The molecule has 0 amide bonds. The van der Waals surface area contributed by atoms with Gasteiger partial charge in [0, 0.05) is 23.4 Å². The van der Waals surface area contributed by atoms with Gasteiger partial charge >= 0.3 is 5.97 Å². The lowest BCUT2D eigenvalue weighted by molar-refractivity contribution is 0.0697. The zero-order valence-corrected chi connectivity index (χ0v) is 19.1. The molecule has 1 aliphatic heterocycles. The molecular weight excluding hydrogens is 402 g/mol. The molecule has 0 spiro atoms. The number of benzene rings is 1. The second kappa shape index (κ2) is 9.38. The zero-order chi connectivity index (χ0) is 22.7. The van der Waals surface area contributed by atoms with Gasteiger partial charge in [0.15, 0.2) is 0 Å². The summed E-state index contributed by atoms with van der Waals surface area (Å²) in [6.45, 7) is 2.98. The first-order valence-electron chi connectivity index (χ1n) is 11.4. The molecule has 4 N–H and O–H groups in total. The van der Waals surface area contributed by atoms with Crippen molar-refractivity contribution in [3.05, 3.63) is 59.7 Å². The van der Waals surface area contributed by atoms with Gasteiger partial charge in [-0.1, -0.05) is 30.4 Å². The van der Waals surface area contributed by atoms with Gasteiger partial charge in [-0.2, -0.15) is 0 Å². The molecule has 1 aromatic carbocycles. The summed E-state index contributed by atoms with van der Waals surface area (Å²) in [4.78, 5) is 23.1. The minimum absolute atomic E-state index is 0.0217. The highest BCUT2D eigenvalue weighted by Gasteiger charge is 2.41. The Morgan fingerprint density at radius 3 is 2.47 bits per heavy atom. The molecule has 2 unspecified atom stereocenters. The molecule has 170 valence electrons. The van der Waals surface area contributed by atoms with E-state index in [4.69, 9.17) is 15.1 Å².